The number of rotatable bonds is 4. The standard InChI is InChI=1S/C7H13N3O2S2.ClH/c1-5(3-8)10-14(11,12)7-4-9-6(2)13-7;/h4-5,10H,3,8H2,1-2H3;1H/t5-;/m0./s1. The average molecular weight is 272 g/mol. The molecule has 5 nitrogen and oxygen atoms in total. The lowest BCUT2D eigenvalue weighted by Gasteiger charge is -2.09. The van der Waals surface area contributed by atoms with Crippen molar-refractivity contribution in [1.29, 1.82) is 0 Å². The summed E-state index contributed by atoms with van der Waals surface area (Å²) in [6.45, 7) is 3.75. The normalized spacial score (nSPS) is 13.3. The van der Waals surface area contributed by atoms with Crippen LogP contribution in [0.25, 0.3) is 0 Å². The first-order valence-electron chi connectivity index (χ1n) is 4.10. The number of sulfonamides is 1. The van der Waals surface area contributed by atoms with Crippen LogP contribution in [-0.2, 0) is 10.0 Å². The minimum absolute atomic E-state index is 0. The van der Waals surface area contributed by atoms with Crippen molar-refractivity contribution in [2.75, 3.05) is 6.54 Å². The summed E-state index contributed by atoms with van der Waals surface area (Å²) in [6, 6.07) is -0.262. The van der Waals surface area contributed by atoms with Gasteiger partial charge in [0.25, 0.3) is 10.0 Å². The van der Waals surface area contributed by atoms with Gasteiger partial charge in [-0.3, -0.25) is 0 Å². The molecule has 0 aromatic carbocycles. The predicted molar refractivity (Wildman–Crippen MR) is 62.9 cm³/mol. The Kier molecular flexibility index (Phi) is 5.68. The molecule has 0 aliphatic carbocycles. The first-order valence-corrected chi connectivity index (χ1v) is 6.40. The lowest BCUT2D eigenvalue weighted by Crippen LogP contribution is -2.37. The van der Waals surface area contributed by atoms with Crippen LogP contribution in [0.2, 0.25) is 0 Å². The first-order chi connectivity index (χ1) is 6.45. The minimum atomic E-state index is -3.42. The van der Waals surface area contributed by atoms with Crippen LogP contribution in [0.15, 0.2) is 10.4 Å². The molecule has 15 heavy (non-hydrogen) atoms. The van der Waals surface area contributed by atoms with Gasteiger partial charge in [-0.1, -0.05) is 0 Å². The number of nitrogens with one attached hydrogen (secondary N) is 1. The van der Waals surface area contributed by atoms with E-state index < -0.39 is 10.0 Å². The SMILES string of the molecule is Cc1ncc(S(=O)(=O)N[C@@H](C)CN)s1.Cl. The fourth-order valence-electron chi connectivity index (χ4n) is 0.837. The molecule has 0 aliphatic heterocycles. The molecule has 88 valence electrons. The van der Waals surface area contributed by atoms with E-state index in [1.165, 1.54) is 6.20 Å². The van der Waals surface area contributed by atoms with Crippen molar-refractivity contribution in [2.45, 2.75) is 24.1 Å². The number of aromatic nitrogens is 1. The Morgan fingerprint density at radius 3 is 2.67 bits per heavy atom. The van der Waals surface area contributed by atoms with Crippen LogP contribution in [-0.4, -0.2) is 26.0 Å². The van der Waals surface area contributed by atoms with E-state index in [2.05, 4.69) is 9.71 Å². The second kappa shape index (κ2) is 5.76. The summed E-state index contributed by atoms with van der Waals surface area (Å²) in [5.41, 5.74) is 5.32. The minimum Gasteiger partial charge on any atom is -0.329 e. The van der Waals surface area contributed by atoms with Gasteiger partial charge >= 0.3 is 0 Å². The van der Waals surface area contributed by atoms with Crippen LogP contribution in [0.3, 0.4) is 0 Å². The molecule has 0 bridgehead atoms. The number of halogens is 1. The Morgan fingerprint density at radius 1 is 1.67 bits per heavy atom. The van der Waals surface area contributed by atoms with Crippen LogP contribution < -0.4 is 10.5 Å². The lowest BCUT2D eigenvalue weighted by molar-refractivity contribution is 0.564. The summed E-state index contributed by atoms with van der Waals surface area (Å²) in [6.07, 6.45) is 1.35. The number of nitrogens with two attached hydrogens (primary N) is 1. The molecule has 1 aromatic heterocycles. The number of nitrogens with zero attached hydrogens (tertiary/aromatic N) is 1. The van der Waals surface area contributed by atoms with Gasteiger partial charge in [-0.25, -0.2) is 18.1 Å². The molecule has 3 N–H and O–H groups in total. The smallest absolute Gasteiger partial charge is 0.251 e. The third-order valence-corrected chi connectivity index (χ3v) is 4.54. The third-order valence-electron chi connectivity index (χ3n) is 1.57. The highest BCUT2D eigenvalue weighted by molar-refractivity contribution is 7.91. The number of hydrogen-bond acceptors (Lipinski definition) is 5. The largest absolute Gasteiger partial charge is 0.329 e. The van der Waals surface area contributed by atoms with E-state index in [1.807, 2.05) is 0 Å². The molecule has 1 heterocycles. The number of thiazole rings is 1. The molecule has 0 fully saturated rings. The molecule has 0 aliphatic rings. The Labute approximate surface area is 99.6 Å². The zero-order valence-corrected chi connectivity index (χ0v) is 10.9. The summed E-state index contributed by atoms with van der Waals surface area (Å²) in [5.74, 6) is 0. The lowest BCUT2D eigenvalue weighted by atomic mass is 10.4. The van der Waals surface area contributed by atoms with Crippen LogP contribution >= 0.6 is 23.7 Å². The molecular formula is C7H14ClN3O2S2. The monoisotopic (exact) mass is 271 g/mol. The topological polar surface area (TPSA) is 85.1 Å². The van der Waals surface area contributed by atoms with Crippen LogP contribution in [0.1, 0.15) is 11.9 Å². The molecule has 1 atom stereocenters. The Morgan fingerprint density at radius 2 is 2.27 bits per heavy atom. The zero-order chi connectivity index (χ0) is 10.8. The van der Waals surface area contributed by atoms with Gasteiger partial charge in [0.15, 0.2) is 4.21 Å². The highest BCUT2D eigenvalue weighted by Gasteiger charge is 2.18. The molecule has 0 unspecified atom stereocenters. The molecule has 0 spiro atoms. The van der Waals surface area contributed by atoms with E-state index in [4.69, 9.17) is 5.73 Å². The maximum Gasteiger partial charge on any atom is 0.251 e. The summed E-state index contributed by atoms with van der Waals surface area (Å²) >= 11 is 1.14. The summed E-state index contributed by atoms with van der Waals surface area (Å²) in [4.78, 5) is 3.88. The fourth-order valence-corrected chi connectivity index (χ4v) is 3.22. The molecule has 0 amide bonds. The second-order valence-electron chi connectivity index (χ2n) is 2.96. The van der Waals surface area contributed by atoms with Gasteiger partial charge in [-0.2, -0.15) is 0 Å². The van der Waals surface area contributed by atoms with E-state index in [0.29, 0.717) is 0 Å². The zero-order valence-electron chi connectivity index (χ0n) is 8.43. The number of aryl methyl sites for hydroxylation is 1. The average Bonchev–Trinajstić information content (AvgIpc) is 2.51. The van der Waals surface area contributed by atoms with Crippen LogP contribution in [0.4, 0.5) is 0 Å². The summed E-state index contributed by atoms with van der Waals surface area (Å²) in [5, 5.41) is 0.728. The van der Waals surface area contributed by atoms with E-state index in [0.717, 1.165) is 16.3 Å². The maximum atomic E-state index is 11.6. The summed E-state index contributed by atoms with van der Waals surface area (Å²) in [7, 11) is -3.42. The maximum absolute atomic E-state index is 11.6. The number of hydrogen-bond donors (Lipinski definition) is 2. The molecule has 1 rings (SSSR count). The Hall–Kier alpha value is -0.210. The quantitative estimate of drug-likeness (QED) is 0.835. The molecule has 0 saturated carbocycles. The van der Waals surface area contributed by atoms with Crippen molar-refractivity contribution in [1.82, 2.24) is 9.71 Å². The first kappa shape index (κ1) is 14.8. The van der Waals surface area contributed by atoms with Gasteiger partial charge in [-0.05, 0) is 13.8 Å². The highest BCUT2D eigenvalue weighted by Crippen LogP contribution is 2.17. The van der Waals surface area contributed by atoms with E-state index in [9.17, 15) is 8.42 Å². The van der Waals surface area contributed by atoms with Gasteiger partial charge in [0, 0.05) is 12.6 Å². The molecule has 8 heteroatoms. The van der Waals surface area contributed by atoms with Gasteiger partial charge in [0.2, 0.25) is 0 Å². The van der Waals surface area contributed by atoms with Crippen LogP contribution in [0.5, 0.6) is 0 Å². The van der Waals surface area contributed by atoms with Gasteiger partial charge in [-0.15, -0.1) is 23.7 Å². The molecule has 0 saturated heterocycles. The van der Waals surface area contributed by atoms with Crippen molar-refractivity contribution in [3.8, 4) is 0 Å². The Balaban J connectivity index is 0.00000196. The van der Waals surface area contributed by atoms with Crippen LogP contribution in [0, 0.1) is 6.92 Å². The van der Waals surface area contributed by atoms with E-state index >= 15 is 0 Å². The fraction of sp³-hybridized carbons (Fsp3) is 0.571. The van der Waals surface area contributed by atoms with Crippen molar-refractivity contribution in [3.63, 3.8) is 0 Å². The van der Waals surface area contributed by atoms with E-state index in [1.54, 1.807) is 13.8 Å². The van der Waals surface area contributed by atoms with Crippen molar-refractivity contribution < 1.29 is 8.42 Å². The molecular weight excluding hydrogens is 258 g/mol. The third kappa shape index (κ3) is 4.04. The summed E-state index contributed by atoms with van der Waals surface area (Å²) < 4.78 is 25.9. The molecule has 1 aromatic rings. The van der Waals surface area contributed by atoms with Gasteiger partial charge in [0.1, 0.15) is 0 Å². The van der Waals surface area contributed by atoms with Crippen molar-refractivity contribution in [3.05, 3.63) is 11.2 Å². The van der Waals surface area contributed by atoms with Crippen molar-refractivity contribution >= 4 is 33.8 Å². The Bertz CT molecular complexity index is 404. The highest BCUT2D eigenvalue weighted by atomic mass is 35.5. The van der Waals surface area contributed by atoms with Crippen molar-refractivity contribution in [2.24, 2.45) is 5.73 Å². The van der Waals surface area contributed by atoms with Gasteiger partial charge < -0.3 is 5.73 Å². The van der Waals surface area contributed by atoms with E-state index in [-0.39, 0.29) is 29.2 Å². The molecule has 0 radical (unpaired) electrons. The second-order valence-corrected chi connectivity index (χ2v) is 6.13. The predicted octanol–water partition coefficient (Wildman–Crippen LogP) is 0.499. The van der Waals surface area contributed by atoms with Gasteiger partial charge in [0.05, 0.1) is 11.2 Å².